The van der Waals surface area contributed by atoms with Crippen LogP contribution in [0.25, 0.3) is 17.4 Å². The fourth-order valence-electron chi connectivity index (χ4n) is 5.03. The summed E-state index contributed by atoms with van der Waals surface area (Å²) in [4.78, 5) is 44.2. The number of hydrogen-bond acceptors (Lipinski definition) is 10. The Morgan fingerprint density at radius 3 is 2.49 bits per heavy atom. The Morgan fingerprint density at radius 2 is 1.81 bits per heavy atom. The third-order valence-corrected chi connectivity index (χ3v) is 8.04. The lowest BCUT2D eigenvalue weighted by molar-refractivity contribution is -0.139. The first kappa shape index (κ1) is 29.6. The van der Waals surface area contributed by atoms with E-state index in [9.17, 15) is 14.4 Å². The van der Waals surface area contributed by atoms with Gasteiger partial charge in [-0.3, -0.25) is 9.36 Å². The first-order valence-electron chi connectivity index (χ1n) is 13.4. The molecule has 11 heteroatoms. The van der Waals surface area contributed by atoms with Crippen molar-refractivity contribution in [3.8, 4) is 22.8 Å². The summed E-state index contributed by atoms with van der Waals surface area (Å²) in [5.74, 6) is 1.05. The molecular formula is C32H30N2O8S. The number of methoxy groups -OCH3 is 3. The second kappa shape index (κ2) is 12.1. The van der Waals surface area contributed by atoms with Crippen LogP contribution in [0.4, 0.5) is 0 Å². The van der Waals surface area contributed by atoms with Crippen molar-refractivity contribution in [2.24, 2.45) is 4.99 Å². The second-order valence-electron chi connectivity index (χ2n) is 9.63. The summed E-state index contributed by atoms with van der Waals surface area (Å²) < 4.78 is 29.2. The van der Waals surface area contributed by atoms with Gasteiger partial charge in [-0.2, -0.15) is 0 Å². The maximum atomic E-state index is 14.0. The van der Waals surface area contributed by atoms with Crippen LogP contribution in [0.1, 0.15) is 47.1 Å². The number of ether oxygens (including phenoxy) is 4. The number of fused-ring (bicyclic) bond motifs is 1. The maximum Gasteiger partial charge on any atom is 0.338 e. The Kier molecular flexibility index (Phi) is 8.36. The van der Waals surface area contributed by atoms with Crippen LogP contribution in [0.15, 0.2) is 74.0 Å². The van der Waals surface area contributed by atoms with Gasteiger partial charge in [0.2, 0.25) is 0 Å². The number of furan rings is 1. The Balaban J connectivity index is 1.63. The van der Waals surface area contributed by atoms with Gasteiger partial charge in [-0.15, -0.1) is 0 Å². The zero-order valence-corrected chi connectivity index (χ0v) is 25.4. The van der Waals surface area contributed by atoms with E-state index in [-0.39, 0.29) is 17.7 Å². The molecule has 2 aromatic carbocycles. The SMILES string of the molecule is CCOC(=O)C1=C(C)N=c2s/c(=C/c3ccc(-c4ccc(C(=O)OC)cc4C)o3)c(=O)n2[C@H]1c1cc(OC)ccc1OC. The molecule has 222 valence electrons. The smallest absolute Gasteiger partial charge is 0.338 e. The molecule has 0 saturated carbocycles. The van der Waals surface area contributed by atoms with E-state index in [0.29, 0.717) is 49.2 Å². The number of thiazole rings is 1. The fourth-order valence-corrected chi connectivity index (χ4v) is 6.05. The van der Waals surface area contributed by atoms with Crippen molar-refractivity contribution in [2.45, 2.75) is 26.8 Å². The zero-order valence-electron chi connectivity index (χ0n) is 24.5. The van der Waals surface area contributed by atoms with E-state index < -0.39 is 18.0 Å². The molecule has 4 aromatic rings. The summed E-state index contributed by atoms with van der Waals surface area (Å²) >= 11 is 1.18. The molecule has 0 fully saturated rings. The van der Waals surface area contributed by atoms with Gasteiger partial charge in [-0.1, -0.05) is 17.4 Å². The second-order valence-corrected chi connectivity index (χ2v) is 10.6. The fraction of sp³-hybridized carbons (Fsp3) is 0.250. The molecule has 43 heavy (non-hydrogen) atoms. The first-order valence-corrected chi connectivity index (χ1v) is 14.2. The summed E-state index contributed by atoms with van der Waals surface area (Å²) in [6.45, 7) is 5.47. The van der Waals surface area contributed by atoms with Gasteiger partial charge in [0.05, 0.1) is 49.3 Å². The van der Waals surface area contributed by atoms with E-state index in [2.05, 4.69) is 4.99 Å². The third kappa shape index (κ3) is 5.51. The Bertz CT molecular complexity index is 1950. The van der Waals surface area contributed by atoms with Crippen molar-refractivity contribution < 1.29 is 33.0 Å². The zero-order chi connectivity index (χ0) is 30.8. The minimum atomic E-state index is -0.870. The number of carbonyl (C=O) groups is 2. The van der Waals surface area contributed by atoms with Crippen LogP contribution in [-0.2, 0) is 14.3 Å². The lowest BCUT2D eigenvalue weighted by Gasteiger charge is -2.26. The topological polar surface area (TPSA) is 119 Å². The number of esters is 2. The third-order valence-electron chi connectivity index (χ3n) is 7.06. The molecule has 5 rings (SSSR count). The Morgan fingerprint density at radius 1 is 1.02 bits per heavy atom. The number of rotatable bonds is 8. The van der Waals surface area contributed by atoms with Crippen molar-refractivity contribution >= 4 is 29.4 Å². The number of carbonyl (C=O) groups excluding carboxylic acids is 2. The summed E-state index contributed by atoms with van der Waals surface area (Å²) in [5.41, 5.74) is 2.94. The lowest BCUT2D eigenvalue weighted by Crippen LogP contribution is -2.40. The molecule has 0 bridgehead atoms. The number of benzene rings is 2. The molecule has 10 nitrogen and oxygen atoms in total. The van der Waals surface area contributed by atoms with Gasteiger partial charge in [0, 0.05) is 17.2 Å². The predicted molar refractivity (Wildman–Crippen MR) is 160 cm³/mol. The predicted octanol–water partition coefficient (Wildman–Crippen LogP) is 4.17. The van der Waals surface area contributed by atoms with Crippen molar-refractivity contribution in [1.82, 2.24) is 4.57 Å². The van der Waals surface area contributed by atoms with Crippen LogP contribution in [-0.4, -0.2) is 44.4 Å². The summed E-state index contributed by atoms with van der Waals surface area (Å²) in [7, 11) is 4.40. The Labute approximate surface area is 251 Å². The van der Waals surface area contributed by atoms with E-state index in [1.807, 2.05) is 6.92 Å². The highest BCUT2D eigenvalue weighted by molar-refractivity contribution is 7.07. The highest BCUT2D eigenvalue weighted by atomic mass is 32.1. The van der Waals surface area contributed by atoms with Gasteiger partial charge in [-0.05, 0) is 68.8 Å². The molecule has 0 aliphatic carbocycles. The normalized spacial score (nSPS) is 14.7. The van der Waals surface area contributed by atoms with Gasteiger partial charge in [-0.25, -0.2) is 14.6 Å². The minimum absolute atomic E-state index is 0.160. The molecule has 0 radical (unpaired) electrons. The van der Waals surface area contributed by atoms with Gasteiger partial charge >= 0.3 is 11.9 Å². The van der Waals surface area contributed by atoms with E-state index in [1.54, 1.807) is 68.5 Å². The molecule has 1 aliphatic heterocycles. The van der Waals surface area contributed by atoms with E-state index in [1.165, 1.54) is 37.2 Å². The first-order chi connectivity index (χ1) is 20.7. The standard InChI is InChI=1S/C32H30N2O8S/c1-7-41-31(37)27-18(3)33-32-34(28(27)23-15-20(38-4)9-12-24(23)39-5)29(35)26(43-32)16-21-10-13-25(42-21)22-11-8-19(14-17(22)2)30(36)40-6/h8-16,28H,7H2,1-6H3/b26-16+/t28-/m0/s1. The van der Waals surface area contributed by atoms with E-state index in [0.717, 1.165) is 11.1 Å². The molecule has 1 aliphatic rings. The molecule has 0 saturated heterocycles. The van der Waals surface area contributed by atoms with Crippen LogP contribution in [0.2, 0.25) is 0 Å². The molecule has 0 unspecified atom stereocenters. The van der Waals surface area contributed by atoms with Gasteiger partial charge < -0.3 is 23.4 Å². The maximum absolute atomic E-state index is 14.0. The largest absolute Gasteiger partial charge is 0.497 e. The number of nitrogens with zero attached hydrogens (tertiary/aromatic N) is 2. The van der Waals surface area contributed by atoms with Crippen molar-refractivity contribution in [1.29, 1.82) is 0 Å². The van der Waals surface area contributed by atoms with Crippen LogP contribution in [0, 0.1) is 6.92 Å². The van der Waals surface area contributed by atoms with Crippen LogP contribution < -0.4 is 24.4 Å². The highest BCUT2D eigenvalue weighted by Gasteiger charge is 2.35. The number of aryl methyl sites for hydroxylation is 1. The number of allylic oxidation sites excluding steroid dienone is 1. The highest BCUT2D eigenvalue weighted by Crippen LogP contribution is 2.38. The average Bonchev–Trinajstić information content (AvgIpc) is 3.59. The number of aromatic nitrogens is 1. The number of hydrogen-bond donors (Lipinski definition) is 0. The average molecular weight is 603 g/mol. The lowest BCUT2D eigenvalue weighted by atomic mass is 9.95. The molecule has 0 N–H and O–H groups in total. The van der Waals surface area contributed by atoms with Crippen molar-refractivity contribution in [3.05, 3.63) is 102 Å². The molecule has 0 amide bonds. The minimum Gasteiger partial charge on any atom is -0.497 e. The molecule has 1 atom stereocenters. The molecule has 0 spiro atoms. The summed E-state index contributed by atoms with van der Waals surface area (Å²) in [5, 5.41) is 0. The van der Waals surface area contributed by atoms with Gasteiger partial charge in [0.15, 0.2) is 4.80 Å². The quantitative estimate of drug-likeness (QED) is 0.276. The van der Waals surface area contributed by atoms with Crippen molar-refractivity contribution in [2.75, 3.05) is 27.9 Å². The van der Waals surface area contributed by atoms with E-state index >= 15 is 0 Å². The molecular weight excluding hydrogens is 572 g/mol. The van der Waals surface area contributed by atoms with Crippen LogP contribution >= 0.6 is 11.3 Å². The summed E-state index contributed by atoms with van der Waals surface area (Å²) in [6.07, 6.45) is 1.65. The Hall–Kier alpha value is -4.90. The monoisotopic (exact) mass is 602 g/mol. The van der Waals surface area contributed by atoms with Crippen LogP contribution in [0.3, 0.4) is 0 Å². The van der Waals surface area contributed by atoms with Crippen LogP contribution in [0.5, 0.6) is 11.5 Å². The van der Waals surface area contributed by atoms with E-state index in [4.69, 9.17) is 23.4 Å². The van der Waals surface area contributed by atoms with Gasteiger partial charge in [0.25, 0.3) is 5.56 Å². The van der Waals surface area contributed by atoms with Gasteiger partial charge in [0.1, 0.15) is 29.1 Å². The molecule has 3 heterocycles. The molecule has 2 aromatic heterocycles. The summed E-state index contributed by atoms with van der Waals surface area (Å²) in [6, 6.07) is 13.1. The van der Waals surface area contributed by atoms with Crippen molar-refractivity contribution in [3.63, 3.8) is 0 Å².